The molecular formula is C9H12O2. The van der Waals surface area contributed by atoms with Gasteiger partial charge >= 0.3 is 0 Å². The van der Waals surface area contributed by atoms with Crippen LogP contribution in [0.3, 0.4) is 0 Å². The van der Waals surface area contributed by atoms with Crippen LogP contribution >= 0.6 is 0 Å². The number of aliphatic hydroxyl groups is 1. The molecule has 11 heavy (non-hydrogen) atoms. The summed E-state index contributed by atoms with van der Waals surface area (Å²) < 4.78 is 0. The van der Waals surface area contributed by atoms with Crippen molar-refractivity contribution >= 4 is 6.29 Å². The number of hydrogen-bond donors (Lipinski definition) is 1. The Kier molecular flexibility index (Phi) is 2.13. The molecule has 1 aliphatic carbocycles. The maximum absolute atomic E-state index is 10.7. The molecule has 0 amide bonds. The van der Waals surface area contributed by atoms with Crippen LogP contribution in [0.2, 0.25) is 0 Å². The minimum Gasteiger partial charge on any atom is -0.512 e. The van der Waals surface area contributed by atoms with Crippen LogP contribution in [0.25, 0.3) is 0 Å². The second-order valence-electron chi connectivity index (χ2n) is 2.90. The van der Waals surface area contributed by atoms with Gasteiger partial charge in [-0.1, -0.05) is 19.1 Å². The minimum atomic E-state index is -0.446. The van der Waals surface area contributed by atoms with Crippen LogP contribution in [0.15, 0.2) is 24.0 Å². The van der Waals surface area contributed by atoms with E-state index in [-0.39, 0.29) is 0 Å². The van der Waals surface area contributed by atoms with Gasteiger partial charge in [0.05, 0.1) is 11.2 Å². The molecule has 1 rings (SSSR count). The van der Waals surface area contributed by atoms with Crippen molar-refractivity contribution in [1.82, 2.24) is 0 Å². The molecule has 0 heterocycles. The van der Waals surface area contributed by atoms with Crippen LogP contribution in [0.1, 0.15) is 19.8 Å². The lowest BCUT2D eigenvalue weighted by Gasteiger charge is -2.23. The zero-order valence-corrected chi connectivity index (χ0v) is 6.58. The largest absolute Gasteiger partial charge is 0.512 e. The number of carbonyl (C=O) groups is 1. The van der Waals surface area contributed by atoms with Crippen LogP contribution in [0.5, 0.6) is 0 Å². The fourth-order valence-corrected chi connectivity index (χ4v) is 1.21. The van der Waals surface area contributed by atoms with Gasteiger partial charge in [-0.2, -0.15) is 0 Å². The van der Waals surface area contributed by atoms with Gasteiger partial charge < -0.3 is 9.90 Å². The first-order valence-corrected chi connectivity index (χ1v) is 3.76. The van der Waals surface area contributed by atoms with E-state index >= 15 is 0 Å². The summed E-state index contributed by atoms with van der Waals surface area (Å²) in [6.07, 6.45) is 7.30. The van der Waals surface area contributed by atoms with Crippen molar-refractivity contribution in [3.05, 3.63) is 24.0 Å². The number of hydrogen-bond acceptors (Lipinski definition) is 2. The first kappa shape index (κ1) is 8.05. The average Bonchev–Trinajstić information content (AvgIpc) is 2.04. The fourth-order valence-electron chi connectivity index (χ4n) is 1.21. The lowest BCUT2D eigenvalue weighted by molar-refractivity contribution is -0.114. The number of aliphatic hydroxyl groups excluding tert-OH is 1. The van der Waals surface area contributed by atoms with E-state index in [1.54, 1.807) is 12.2 Å². The highest BCUT2D eigenvalue weighted by molar-refractivity contribution is 5.64. The maximum Gasteiger partial charge on any atom is 0.130 e. The first-order chi connectivity index (χ1) is 5.22. The molecule has 0 spiro atoms. The number of allylic oxidation sites excluding steroid dienone is 4. The third-order valence-electron chi connectivity index (χ3n) is 2.12. The zero-order chi connectivity index (χ0) is 8.32. The second-order valence-corrected chi connectivity index (χ2v) is 2.90. The predicted molar refractivity (Wildman–Crippen MR) is 43.3 cm³/mol. The fraction of sp³-hybridized carbons (Fsp3) is 0.444. The molecule has 0 aromatic rings. The third-order valence-corrected chi connectivity index (χ3v) is 2.12. The molecule has 0 aromatic heterocycles. The van der Waals surface area contributed by atoms with Gasteiger partial charge in [-0.25, -0.2) is 0 Å². The topological polar surface area (TPSA) is 37.3 Å². The van der Waals surface area contributed by atoms with Crippen LogP contribution in [-0.4, -0.2) is 11.4 Å². The predicted octanol–water partition coefficient (Wildman–Crippen LogP) is 1.98. The van der Waals surface area contributed by atoms with Crippen LogP contribution in [0, 0.1) is 5.41 Å². The molecule has 2 nitrogen and oxygen atoms in total. The van der Waals surface area contributed by atoms with Crippen molar-refractivity contribution in [2.75, 3.05) is 0 Å². The maximum atomic E-state index is 10.7. The Labute approximate surface area is 66.2 Å². The van der Waals surface area contributed by atoms with Crippen molar-refractivity contribution in [3.63, 3.8) is 0 Å². The third kappa shape index (κ3) is 1.50. The van der Waals surface area contributed by atoms with E-state index < -0.39 is 5.41 Å². The summed E-state index contributed by atoms with van der Waals surface area (Å²) in [5.41, 5.74) is -0.446. The Balaban J connectivity index is 2.83. The minimum absolute atomic E-state index is 0.293. The molecule has 1 atom stereocenters. The summed E-state index contributed by atoms with van der Waals surface area (Å²) in [5.74, 6) is 0.293. The van der Waals surface area contributed by atoms with E-state index in [0.29, 0.717) is 12.2 Å². The van der Waals surface area contributed by atoms with Crippen molar-refractivity contribution in [2.24, 2.45) is 5.41 Å². The quantitative estimate of drug-likeness (QED) is 0.614. The highest BCUT2D eigenvalue weighted by Crippen LogP contribution is 2.31. The Morgan fingerprint density at radius 3 is 2.91 bits per heavy atom. The molecule has 1 unspecified atom stereocenters. The summed E-state index contributed by atoms with van der Waals surface area (Å²) in [4.78, 5) is 10.7. The Morgan fingerprint density at radius 1 is 1.82 bits per heavy atom. The summed E-state index contributed by atoms with van der Waals surface area (Å²) in [5, 5.41) is 9.16. The summed E-state index contributed by atoms with van der Waals surface area (Å²) in [6.45, 7) is 1.94. The molecule has 1 aliphatic rings. The molecule has 60 valence electrons. The van der Waals surface area contributed by atoms with Gasteiger partial charge in [0.1, 0.15) is 6.29 Å². The summed E-state index contributed by atoms with van der Waals surface area (Å²) in [7, 11) is 0. The smallest absolute Gasteiger partial charge is 0.130 e. The van der Waals surface area contributed by atoms with Crippen molar-refractivity contribution in [1.29, 1.82) is 0 Å². The van der Waals surface area contributed by atoms with E-state index in [1.165, 1.54) is 0 Å². The van der Waals surface area contributed by atoms with Crippen molar-refractivity contribution < 1.29 is 9.90 Å². The zero-order valence-electron chi connectivity index (χ0n) is 6.58. The van der Waals surface area contributed by atoms with E-state index in [1.807, 2.05) is 13.0 Å². The Hall–Kier alpha value is -1.05. The normalized spacial score (nSPS) is 29.7. The van der Waals surface area contributed by atoms with Gasteiger partial charge in [-0.3, -0.25) is 0 Å². The van der Waals surface area contributed by atoms with Crippen molar-refractivity contribution in [3.8, 4) is 0 Å². The number of carbonyl (C=O) groups excluding carboxylic acids is 1. The lowest BCUT2D eigenvalue weighted by atomic mass is 9.80. The summed E-state index contributed by atoms with van der Waals surface area (Å²) >= 11 is 0. The molecule has 0 saturated carbocycles. The van der Waals surface area contributed by atoms with Crippen LogP contribution in [0.4, 0.5) is 0 Å². The Morgan fingerprint density at radius 2 is 2.55 bits per heavy atom. The van der Waals surface area contributed by atoms with Gasteiger partial charge in [0, 0.05) is 6.42 Å². The highest BCUT2D eigenvalue weighted by Gasteiger charge is 2.27. The van der Waals surface area contributed by atoms with E-state index in [2.05, 4.69) is 0 Å². The molecule has 0 saturated heterocycles. The van der Waals surface area contributed by atoms with E-state index in [9.17, 15) is 4.79 Å². The lowest BCUT2D eigenvalue weighted by Crippen LogP contribution is -2.21. The van der Waals surface area contributed by atoms with Gasteiger partial charge in [0.25, 0.3) is 0 Å². The second kappa shape index (κ2) is 2.91. The average molecular weight is 152 g/mol. The SMILES string of the molecule is CCC1(C=O)C=CC=C(O)C1. The molecule has 0 radical (unpaired) electrons. The highest BCUT2D eigenvalue weighted by atomic mass is 16.3. The molecule has 2 heteroatoms. The molecule has 0 aliphatic heterocycles. The van der Waals surface area contributed by atoms with E-state index in [4.69, 9.17) is 5.11 Å². The molecule has 0 fully saturated rings. The molecular weight excluding hydrogens is 140 g/mol. The van der Waals surface area contributed by atoms with Gasteiger partial charge in [0.15, 0.2) is 0 Å². The van der Waals surface area contributed by atoms with Gasteiger partial charge in [-0.05, 0) is 12.5 Å². The van der Waals surface area contributed by atoms with Crippen LogP contribution in [-0.2, 0) is 4.79 Å². The van der Waals surface area contributed by atoms with Gasteiger partial charge in [0.2, 0.25) is 0 Å². The molecule has 0 bridgehead atoms. The monoisotopic (exact) mass is 152 g/mol. The first-order valence-electron chi connectivity index (χ1n) is 3.76. The number of rotatable bonds is 2. The van der Waals surface area contributed by atoms with E-state index in [0.717, 1.165) is 12.7 Å². The standard InChI is InChI=1S/C9H12O2/c1-2-9(7-10)5-3-4-8(11)6-9/h3-5,7,11H,2,6H2,1H3. The molecule has 0 aromatic carbocycles. The molecule has 1 N–H and O–H groups in total. The van der Waals surface area contributed by atoms with Crippen LogP contribution < -0.4 is 0 Å². The van der Waals surface area contributed by atoms with Gasteiger partial charge in [-0.15, -0.1) is 0 Å². The van der Waals surface area contributed by atoms with Crippen molar-refractivity contribution in [2.45, 2.75) is 19.8 Å². The Bertz CT molecular complexity index is 216. The number of aldehydes is 1. The summed E-state index contributed by atoms with van der Waals surface area (Å²) in [6, 6.07) is 0.